The summed E-state index contributed by atoms with van der Waals surface area (Å²) in [4.78, 5) is 18.5. The molecule has 0 radical (unpaired) electrons. The van der Waals surface area contributed by atoms with E-state index < -0.39 is 5.60 Å². The first kappa shape index (κ1) is 16.5. The fraction of sp³-hybridized carbons (Fsp3) is 0.562. The van der Waals surface area contributed by atoms with Crippen molar-refractivity contribution < 1.29 is 13.9 Å². The van der Waals surface area contributed by atoms with Gasteiger partial charge < -0.3 is 19.4 Å². The van der Waals surface area contributed by atoms with Crippen molar-refractivity contribution in [2.24, 2.45) is 7.05 Å². The molecule has 0 spiro atoms. The zero-order valence-corrected chi connectivity index (χ0v) is 14.4. The number of hydrogen-bond acceptors (Lipinski definition) is 5. The average Bonchev–Trinajstić information content (AvgIpc) is 3.16. The summed E-state index contributed by atoms with van der Waals surface area (Å²) in [6, 6.07) is -0.449. The van der Waals surface area contributed by atoms with Crippen LogP contribution in [0.15, 0.2) is 23.0 Å². The number of rotatable bonds is 3. The van der Waals surface area contributed by atoms with Gasteiger partial charge in [0.15, 0.2) is 0 Å². The number of carbonyl (C=O) groups excluding carboxylic acids is 1. The van der Waals surface area contributed by atoms with Crippen molar-refractivity contribution >= 4 is 6.03 Å². The normalized spacial score (nSPS) is 22.4. The van der Waals surface area contributed by atoms with Crippen LogP contribution in [0, 0.1) is 6.92 Å². The average molecular weight is 333 g/mol. The molecule has 3 rings (SSSR count). The lowest BCUT2D eigenvalue weighted by Crippen LogP contribution is -2.53. The van der Waals surface area contributed by atoms with Crippen LogP contribution in [-0.4, -0.2) is 45.4 Å². The van der Waals surface area contributed by atoms with Crippen LogP contribution in [0.4, 0.5) is 4.79 Å². The van der Waals surface area contributed by atoms with Gasteiger partial charge in [-0.05, 0) is 20.8 Å². The van der Waals surface area contributed by atoms with Gasteiger partial charge in [-0.3, -0.25) is 4.68 Å². The third kappa shape index (κ3) is 3.28. The number of amides is 2. The van der Waals surface area contributed by atoms with E-state index in [4.69, 9.17) is 9.15 Å². The molecule has 0 aromatic carbocycles. The number of ether oxygens (including phenoxy) is 1. The molecule has 2 aromatic rings. The Hall–Kier alpha value is -2.35. The summed E-state index contributed by atoms with van der Waals surface area (Å²) in [5.74, 6) is 1.23. The van der Waals surface area contributed by atoms with Crippen molar-refractivity contribution in [1.82, 2.24) is 25.0 Å². The zero-order chi connectivity index (χ0) is 17.3. The Bertz CT molecular complexity index is 725. The number of carbonyl (C=O) groups is 1. The lowest BCUT2D eigenvalue weighted by atomic mass is 9.97. The molecule has 2 unspecified atom stereocenters. The second-order valence-corrected chi connectivity index (χ2v) is 6.38. The molecule has 8 nitrogen and oxygen atoms in total. The van der Waals surface area contributed by atoms with Gasteiger partial charge in [-0.15, -0.1) is 0 Å². The molecule has 0 aliphatic carbocycles. The van der Waals surface area contributed by atoms with Gasteiger partial charge >= 0.3 is 6.03 Å². The third-order valence-corrected chi connectivity index (χ3v) is 4.23. The maximum Gasteiger partial charge on any atom is 0.318 e. The maximum atomic E-state index is 12.6. The highest BCUT2D eigenvalue weighted by molar-refractivity contribution is 5.74. The van der Waals surface area contributed by atoms with Crippen molar-refractivity contribution in [3.8, 4) is 0 Å². The van der Waals surface area contributed by atoms with Crippen LogP contribution in [0.5, 0.6) is 0 Å². The van der Waals surface area contributed by atoms with E-state index in [9.17, 15) is 4.79 Å². The minimum atomic E-state index is -0.563. The molecular formula is C16H23N5O3. The lowest BCUT2D eigenvalue weighted by Gasteiger charge is -2.40. The molecule has 0 saturated carbocycles. The van der Waals surface area contributed by atoms with Gasteiger partial charge in [0.2, 0.25) is 5.89 Å². The second-order valence-electron chi connectivity index (χ2n) is 6.38. The molecule has 1 aliphatic heterocycles. The quantitative estimate of drug-likeness (QED) is 0.924. The van der Waals surface area contributed by atoms with Gasteiger partial charge in [-0.25, -0.2) is 9.78 Å². The number of morpholine rings is 1. The van der Waals surface area contributed by atoms with Crippen molar-refractivity contribution in [3.63, 3.8) is 0 Å². The molecule has 2 aromatic heterocycles. The summed E-state index contributed by atoms with van der Waals surface area (Å²) in [5.41, 5.74) is 0.394. The zero-order valence-electron chi connectivity index (χ0n) is 14.4. The van der Waals surface area contributed by atoms with Crippen LogP contribution < -0.4 is 5.32 Å². The fourth-order valence-corrected chi connectivity index (χ4v) is 2.82. The van der Waals surface area contributed by atoms with Gasteiger partial charge in [-0.2, -0.15) is 5.10 Å². The Balaban J connectivity index is 1.67. The van der Waals surface area contributed by atoms with Crippen LogP contribution in [0.1, 0.15) is 37.1 Å². The number of aryl methyl sites for hydroxylation is 2. The Labute approximate surface area is 140 Å². The summed E-state index contributed by atoms with van der Waals surface area (Å²) in [6.45, 7) is 7.13. The van der Waals surface area contributed by atoms with Crippen molar-refractivity contribution in [2.45, 2.75) is 32.4 Å². The molecule has 2 atom stereocenters. The first-order valence-electron chi connectivity index (χ1n) is 7.98. The van der Waals surface area contributed by atoms with Gasteiger partial charge in [0.25, 0.3) is 0 Å². The van der Waals surface area contributed by atoms with E-state index in [1.54, 1.807) is 22.0 Å². The number of aromatic nitrogens is 3. The van der Waals surface area contributed by atoms with Crippen LogP contribution >= 0.6 is 0 Å². The smallest absolute Gasteiger partial charge is 0.318 e. The third-order valence-electron chi connectivity index (χ3n) is 4.23. The highest BCUT2D eigenvalue weighted by atomic mass is 16.5. The molecule has 1 N–H and O–H groups in total. The molecule has 130 valence electrons. The van der Waals surface area contributed by atoms with E-state index in [1.165, 1.54) is 0 Å². The van der Waals surface area contributed by atoms with Gasteiger partial charge in [0.1, 0.15) is 17.4 Å². The number of nitrogens with one attached hydrogen (secondary N) is 1. The lowest BCUT2D eigenvalue weighted by molar-refractivity contribution is -0.0909. The molecule has 0 bridgehead atoms. The van der Waals surface area contributed by atoms with E-state index in [-0.39, 0.29) is 12.1 Å². The monoisotopic (exact) mass is 333 g/mol. The largest absolute Gasteiger partial charge is 0.444 e. The first-order valence-corrected chi connectivity index (χ1v) is 7.98. The highest BCUT2D eigenvalue weighted by Crippen LogP contribution is 2.29. The predicted octanol–water partition coefficient (Wildman–Crippen LogP) is 1.73. The Morgan fingerprint density at radius 1 is 1.46 bits per heavy atom. The van der Waals surface area contributed by atoms with Crippen molar-refractivity contribution in [3.05, 3.63) is 35.8 Å². The summed E-state index contributed by atoms with van der Waals surface area (Å²) in [5, 5.41) is 7.12. The van der Waals surface area contributed by atoms with E-state index in [0.717, 1.165) is 11.3 Å². The molecule has 1 fully saturated rings. The van der Waals surface area contributed by atoms with Crippen LogP contribution in [0.2, 0.25) is 0 Å². The maximum absolute atomic E-state index is 12.6. The standard InChI is InChI=1S/C16H23N5O3/c1-11-7-17-14(24-11)12(2)19-15(22)21-5-6-23-16(3,10-21)13-8-18-20(4)9-13/h7-9,12H,5-6,10H2,1-4H3,(H,19,22). The first-order chi connectivity index (χ1) is 11.4. The minimum absolute atomic E-state index is 0.156. The molecule has 3 heterocycles. The minimum Gasteiger partial charge on any atom is -0.444 e. The summed E-state index contributed by atoms with van der Waals surface area (Å²) < 4.78 is 13.1. The molecule has 24 heavy (non-hydrogen) atoms. The summed E-state index contributed by atoms with van der Waals surface area (Å²) in [6.07, 6.45) is 5.34. The number of hydrogen-bond donors (Lipinski definition) is 1. The summed E-state index contributed by atoms with van der Waals surface area (Å²) >= 11 is 0. The van der Waals surface area contributed by atoms with Gasteiger partial charge in [0.05, 0.1) is 25.5 Å². The molecule has 1 saturated heterocycles. The van der Waals surface area contributed by atoms with Gasteiger partial charge in [0, 0.05) is 25.4 Å². The van der Waals surface area contributed by atoms with Crippen LogP contribution in [0.3, 0.4) is 0 Å². The number of nitrogens with zero attached hydrogens (tertiary/aromatic N) is 4. The van der Waals surface area contributed by atoms with E-state index in [0.29, 0.717) is 25.6 Å². The SMILES string of the molecule is Cc1cnc(C(C)NC(=O)N2CCOC(C)(c3cnn(C)c3)C2)o1. The Morgan fingerprint density at radius 2 is 2.25 bits per heavy atom. The van der Waals surface area contributed by atoms with E-state index in [1.807, 2.05) is 34.0 Å². The fourth-order valence-electron chi connectivity index (χ4n) is 2.82. The van der Waals surface area contributed by atoms with Crippen LogP contribution in [0.25, 0.3) is 0 Å². The van der Waals surface area contributed by atoms with Gasteiger partial charge in [-0.1, -0.05) is 0 Å². The molecule has 8 heteroatoms. The molecular weight excluding hydrogens is 310 g/mol. The number of oxazole rings is 1. The summed E-state index contributed by atoms with van der Waals surface area (Å²) in [7, 11) is 1.86. The topological polar surface area (TPSA) is 85.4 Å². The van der Waals surface area contributed by atoms with E-state index >= 15 is 0 Å². The highest BCUT2D eigenvalue weighted by Gasteiger charge is 2.37. The Morgan fingerprint density at radius 3 is 2.88 bits per heavy atom. The number of urea groups is 1. The van der Waals surface area contributed by atoms with E-state index in [2.05, 4.69) is 15.4 Å². The molecule has 1 aliphatic rings. The second kappa shape index (κ2) is 6.27. The van der Waals surface area contributed by atoms with Crippen LogP contribution in [-0.2, 0) is 17.4 Å². The van der Waals surface area contributed by atoms with Crippen molar-refractivity contribution in [1.29, 1.82) is 0 Å². The predicted molar refractivity (Wildman–Crippen MR) is 86.3 cm³/mol. The van der Waals surface area contributed by atoms with Crippen molar-refractivity contribution in [2.75, 3.05) is 19.7 Å². The Kier molecular flexibility index (Phi) is 4.31. The molecule has 2 amide bonds.